The molecule has 0 unspecified atom stereocenters. The summed E-state index contributed by atoms with van der Waals surface area (Å²) in [6.45, 7) is 1.96. The lowest BCUT2D eigenvalue weighted by Gasteiger charge is -2.08. The Hall–Kier alpha value is -1.16. The van der Waals surface area contributed by atoms with Crippen LogP contribution < -0.4 is 5.32 Å². The van der Waals surface area contributed by atoms with E-state index >= 15 is 0 Å². The van der Waals surface area contributed by atoms with Gasteiger partial charge < -0.3 is 5.32 Å². The van der Waals surface area contributed by atoms with Gasteiger partial charge in [0.25, 0.3) is 0 Å². The van der Waals surface area contributed by atoms with Crippen LogP contribution in [0.5, 0.6) is 0 Å². The molecule has 2 aromatic rings. The number of carbonyl (C=O) groups is 1. The molecule has 0 spiro atoms. The van der Waals surface area contributed by atoms with E-state index < -0.39 is 0 Å². The third kappa shape index (κ3) is 4.95. The molecule has 1 N–H and O–H groups in total. The number of thioether (sulfide) groups is 1. The monoisotopic (exact) mass is 339 g/mol. The third-order valence-corrected chi connectivity index (χ3v) is 4.65. The van der Waals surface area contributed by atoms with Gasteiger partial charge in [-0.2, -0.15) is 0 Å². The van der Waals surface area contributed by atoms with Gasteiger partial charge in [-0.15, -0.1) is 11.8 Å². The predicted molar refractivity (Wildman–Crippen MR) is 91.6 cm³/mol. The molecular formula is C16H15Cl2NOS. The summed E-state index contributed by atoms with van der Waals surface area (Å²) in [5, 5.41) is 4.09. The van der Waals surface area contributed by atoms with Crippen LogP contribution in [0.15, 0.2) is 47.4 Å². The zero-order valence-corrected chi connectivity index (χ0v) is 13.9. The normalized spacial score (nSPS) is 10.4. The van der Waals surface area contributed by atoms with Gasteiger partial charge in [0.1, 0.15) is 0 Å². The van der Waals surface area contributed by atoms with Crippen LogP contribution in [0.3, 0.4) is 0 Å². The van der Waals surface area contributed by atoms with Crippen molar-refractivity contribution in [3.8, 4) is 0 Å². The molecule has 0 fully saturated rings. The number of aryl methyl sites for hydroxylation is 1. The summed E-state index contributed by atoms with van der Waals surface area (Å²) >= 11 is 13.7. The molecule has 2 rings (SSSR count). The van der Waals surface area contributed by atoms with Crippen LogP contribution in [0.25, 0.3) is 0 Å². The first-order chi connectivity index (χ1) is 10.1. The van der Waals surface area contributed by atoms with Crippen molar-refractivity contribution in [2.75, 3.05) is 11.1 Å². The fourth-order valence-corrected chi connectivity index (χ4v) is 3.22. The first kappa shape index (κ1) is 16.2. The minimum absolute atomic E-state index is 0.0553. The van der Waals surface area contributed by atoms with Gasteiger partial charge in [-0.3, -0.25) is 4.79 Å². The maximum atomic E-state index is 11.9. The highest BCUT2D eigenvalue weighted by atomic mass is 35.5. The van der Waals surface area contributed by atoms with Gasteiger partial charge in [0, 0.05) is 17.1 Å². The molecule has 0 saturated carbocycles. The summed E-state index contributed by atoms with van der Waals surface area (Å²) < 4.78 is 0. The van der Waals surface area contributed by atoms with E-state index in [0.717, 1.165) is 10.5 Å². The maximum absolute atomic E-state index is 11.9. The Labute approximate surface area is 138 Å². The SMILES string of the molecule is Cc1ccc(NC(=O)CCSc2ccccc2Cl)c(Cl)c1. The largest absolute Gasteiger partial charge is 0.325 e. The number of carbonyl (C=O) groups excluding carboxylic acids is 1. The zero-order chi connectivity index (χ0) is 15.2. The Bertz CT molecular complexity index is 646. The number of hydrogen-bond donors (Lipinski definition) is 1. The van der Waals surface area contributed by atoms with Crippen LogP contribution in [0.4, 0.5) is 5.69 Å². The number of hydrogen-bond acceptors (Lipinski definition) is 2. The number of amides is 1. The summed E-state index contributed by atoms with van der Waals surface area (Å²) in [5.41, 5.74) is 1.71. The Morgan fingerprint density at radius 1 is 1.14 bits per heavy atom. The molecule has 2 aromatic carbocycles. The molecule has 0 atom stereocenters. The summed E-state index contributed by atoms with van der Waals surface area (Å²) in [7, 11) is 0. The Kier molecular flexibility index (Phi) is 5.97. The quantitative estimate of drug-likeness (QED) is 0.736. The van der Waals surface area contributed by atoms with E-state index in [0.29, 0.717) is 27.9 Å². The maximum Gasteiger partial charge on any atom is 0.225 e. The molecular weight excluding hydrogens is 325 g/mol. The molecule has 0 aliphatic rings. The first-order valence-corrected chi connectivity index (χ1v) is 8.24. The second-order valence-electron chi connectivity index (χ2n) is 4.56. The van der Waals surface area contributed by atoms with Crippen LogP contribution in [0.1, 0.15) is 12.0 Å². The number of rotatable bonds is 5. The lowest BCUT2D eigenvalue weighted by atomic mass is 10.2. The van der Waals surface area contributed by atoms with E-state index in [2.05, 4.69) is 5.32 Å². The van der Waals surface area contributed by atoms with Crippen molar-refractivity contribution in [2.45, 2.75) is 18.2 Å². The van der Waals surface area contributed by atoms with Crippen molar-refractivity contribution < 1.29 is 4.79 Å². The molecule has 21 heavy (non-hydrogen) atoms. The van der Waals surface area contributed by atoms with Gasteiger partial charge >= 0.3 is 0 Å². The van der Waals surface area contributed by atoms with E-state index in [4.69, 9.17) is 23.2 Å². The summed E-state index contributed by atoms with van der Waals surface area (Å²) in [6, 6.07) is 13.2. The molecule has 2 nitrogen and oxygen atoms in total. The Morgan fingerprint density at radius 3 is 2.62 bits per heavy atom. The molecule has 0 aliphatic carbocycles. The van der Waals surface area contributed by atoms with E-state index in [9.17, 15) is 4.79 Å². The average Bonchev–Trinajstić information content (AvgIpc) is 2.44. The van der Waals surface area contributed by atoms with E-state index in [1.807, 2.05) is 49.4 Å². The van der Waals surface area contributed by atoms with Gasteiger partial charge in [-0.05, 0) is 36.8 Å². The fraction of sp³-hybridized carbons (Fsp3) is 0.188. The van der Waals surface area contributed by atoms with Crippen LogP contribution in [-0.2, 0) is 4.79 Å². The Morgan fingerprint density at radius 2 is 1.90 bits per heavy atom. The zero-order valence-electron chi connectivity index (χ0n) is 11.5. The van der Waals surface area contributed by atoms with Crippen LogP contribution >= 0.6 is 35.0 Å². The molecule has 0 aliphatic heterocycles. The third-order valence-electron chi connectivity index (χ3n) is 2.82. The minimum atomic E-state index is -0.0553. The Balaban J connectivity index is 1.84. The number of halogens is 2. The fourth-order valence-electron chi connectivity index (χ4n) is 1.75. The molecule has 5 heteroatoms. The van der Waals surface area contributed by atoms with Crippen molar-refractivity contribution in [1.82, 2.24) is 0 Å². The van der Waals surface area contributed by atoms with Gasteiger partial charge in [0.2, 0.25) is 5.91 Å². The molecule has 0 heterocycles. The summed E-state index contributed by atoms with van der Waals surface area (Å²) in [6.07, 6.45) is 0.403. The standard InChI is InChI=1S/C16H15Cl2NOS/c1-11-6-7-14(13(18)10-11)19-16(20)8-9-21-15-5-3-2-4-12(15)17/h2-7,10H,8-9H2,1H3,(H,19,20). The lowest BCUT2D eigenvalue weighted by molar-refractivity contribution is -0.115. The van der Waals surface area contributed by atoms with Crippen LogP contribution in [0.2, 0.25) is 10.0 Å². The second-order valence-corrected chi connectivity index (χ2v) is 6.51. The molecule has 110 valence electrons. The van der Waals surface area contributed by atoms with Crippen molar-refractivity contribution in [2.24, 2.45) is 0 Å². The highest BCUT2D eigenvalue weighted by Crippen LogP contribution is 2.27. The second kappa shape index (κ2) is 7.74. The summed E-state index contributed by atoms with van der Waals surface area (Å²) in [5.74, 6) is 0.610. The van der Waals surface area contributed by atoms with E-state index in [-0.39, 0.29) is 5.91 Å². The topological polar surface area (TPSA) is 29.1 Å². The van der Waals surface area contributed by atoms with Crippen molar-refractivity contribution in [1.29, 1.82) is 0 Å². The summed E-state index contributed by atoms with van der Waals surface area (Å²) in [4.78, 5) is 12.9. The molecule has 0 bridgehead atoms. The first-order valence-electron chi connectivity index (χ1n) is 6.49. The van der Waals surface area contributed by atoms with Gasteiger partial charge in [-0.25, -0.2) is 0 Å². The van der Waals surface area contributed by atoms with Crippen LogP contribution in [0, 0.1) is 6.92 Å². The number of nitrogens with one attached hydrogen (secondary N) is 1. The molecule has 1 amide bonds. The van der Waals surface area contributed by atoms with Crippen molar-refractivity contribution in [3.05, 3.63) is 58.1 Å². The minimum Gasteiger partial charge on any atom is -0.325 e. The average molecular weight is 340 g/mol. The highest BCUT2D eigenvalue weighted by Gasteiger charge is 2.07. The molecule has 0 aromatic heterocycles. The van der Waals surface area contributed by atoms with E-state index in [1.54, 1.807) is 11.8 Å². The smallest absolute Gasteiger partial charge is 0.225 e. The number of anilines is 1. The lowest BCUT2D eigenvalue weighted by Crippen LogP contribution is -2.12. The molecule has 0 radical (unpaired) electrons. The van der Waals surface area contributed by atoms with Gasteiger partial charge in [0.15, 0.2) is 0 Å². The van der Waals surface area contributed by atoms with Gasteiger partial charge in [0.05, 0.1) is 15.7 Å². The van der Waals surface area contributed by atoms with Crippen LogP contribution in [-0.4, -0.2) is 11.7 Å². The highest BCUT2D eigenvalue weighted by molar-refractivity contribution is 7.99. The van der Waals surface area contributed by atoms with E-state index in [1.165, 1.54) is 0 Å². The predicted octanol–water partition coefficient (Wildman–Crippen LogP) is 5.42. The van der Waals surface area contributed by atoms with Crippen molar-refractivity contribution in [3.63, 3.8) is 0 Å². The van der Waals surface area contributed by atoms with Crippen molar-refractivity contribution >= 4 is 46.6 Å². The van der Waals surface area contributed by atoms with Gasteiger partial charge in [-0.1, -0.05) is 41.4 Å². The molecule has 0 saturated heterocycles. The number of benzene rings is 2.